The van der Waals surface area contributed by atoms with Crippen molar-refractivity contribution in [1.29, 1.82) is 0 Å². The number of ketones is 1. The van der Waals surface area contributed by atoms with Gasteiger partial charge in [0.25, 0.3) is 0 Å². The van der Waals surface area contributed by atoms with Crippen molar-refractivity contribution in [1.82, 2.24) is 0 Å². The Kier molecular flexibility index (Phi) is 5.04. The molecule has 0 fully saturated rings. The quantitative estimate of drug-likeness (QED) is 0.468. The lowest BCUT2D eigenvalue weighted by molar-refractivity contribution is -0.116. The lowest BCUT2D eigenvalue weighted by Crippen LogP contribution is -2.09. The molecule has 1 unspecified atom stereocenters. The van der Waals surface area contributed by atoms with Gasteiger partial charge in [0.1, 0.15) is 11.7 Å². The van der Waals surface area contributed by atoms with Gasteiger partial charge in [0.15, 0.2) is 5.78 Å². The zero-order chi connectivity index (χ0) is 13.7. The SMILES string of the molecule is CCOC(=O)c1ccc(C(Cl)C(C)=O)c(C=O)c1. The molecular formula is C13H13ClO4. The molecule has 0 spiro atoms. The van der Waals surface area contributed by atoms with E-state index in [-0.39, 0.29) is 23.5 Å². The summed E-state index contributed by atoms with van der Waals surface area (Å²) in [6.45, 7) is 3.28. The maximum atomic E-state index is 11.5. The van der Waals surface area contributed by atoms with Gasteiger partial charge in [0.2, 0.25) is 0 Å². The third kappa shape index (κ3) is 3.17. The predicted octanol–water partition coefficient (Wildman–Crippen LogP) is 2.54. The Morgan fingerprint density at radius 3 is 2.61 bits per heavy atom. The Labute approximate surface area is 110 Å². The molecule has 0 radical (unpaired) electrons. The maximum absolute atomic E-state index is 11.5. The molecule has 0 aromatic heterocycles. The van der Waals surface area contributed by atoms with Crippen molar-refractivity contribution < 1.29 is 19.1 Å². The first-order valence-electron chi connectivity index (χ1n) is 5.42. The molecule has 0 aliphatic carbocycles. The number of carbonyl (C=O) groups is 3. The summed E-state index contributed by atoms with van der Waals surface area (Å²) < 4.78 is 4.82. The van der Waals surface area contributed by atoms with Crippen LogP contribution in [0.2, 0.25) is 0 Å². The number of rotatable bonds is 5. The zero-order valence-electron chi connectivity index (χ0n) is 10.1. The van der Waals surface area contributed by atoms with Crippen molar-refractivity contribution in [3.63, 3.8) is 0 Å². The third-order valence-corrected chi connectivity index (χ3v) is 2.90. The molecule has 0 aliphatic heterocycles. The maximum Gasteiger partial charge on any atom is 0.338 e. The van der Waals surface area contributed by atoms with Crippen LogP contribution in [-0.2, 0) is 9.53 Å². The molecule has 0 bridgehead atoms. The third-order valence-electron chi connectivity index (χ3n) is 2.35. The number of esters is 1. The highest BCUT2D eigenvalue weighted by Crippen LogP contribution is 2.25. The lowest BCUT2D eigenvalue weighted by Gasteiger charge is -2.10. The smallest absolute Gasteiger partial charge is 0.338 e. The molecule has 0 saturated heterocycles. The Morgan fingerprint density at radius 1 is 1.44 bits per heavy atom. The number of ether oxygens (including phenoxy) is 1. The zero-order valence-corrected chi connectivity index (χ0v) is 10.9. The fourth-order valence-electron chi connectivity index (χ4n) is 1.47. The van der Waals surface area contributed by atoms with Crippen molar-refractivity contribution in [3.8, 4) is 0 Å². The highest BCUT2D eigenvalue weighted by molar-refractivity contribution is 6.31. The van der Waals surface area contributed by atoms with Gasteiger partial charge in [-0.25, -0.2) is 4.79 Å². The highest BCUT2D eigenvalue weighted by Gasteiger charge is 2.18. The standard InChI is InChI=1S/C13H13ClO4/c1-3-18-13(17)9-4-5-11(10(6-9)7-15)12(14)8(2)16/h4-7,12H,3H2,1-2H3. The number of aldehydes is 1. The lowest BCUT2D eigenvalue weighted by atomic mass is 10.0. The highest BCUT2D eigenvalue weighted by atomic mass is 35.5. The molecule has 1 aromatic carbocycles. The number of carbonyl (C=O) groups excluding carboxylic acids is 3. The van der Waals surface area contributed by atoms with Gasteiger partial charge in [-0.05, 0) is 31.5 Å². The van der Waals surface area contributed by atoms with Crippen LogP contribution in [-0.4, -0.2) is 24.6 Å². The second-order valence-corrected chi connectivity index (χ2v) is 4.09. The van der Waals surface area contributed by atoms with Gasteiger partial charge >= 0.3 is 5.97 Å². The van der Waals surface area contributed by atoms with Crippen LogP contribution in [0, 0.1) is 0 Å². The minimum absolute atomic E-state index is 0.218. The first-order valence-corrected chi connectivity index (χ1v) is 5.85. The molecule has 0 heterocycles. The van der Waals surface area contributed by atoms with Crippen LogP contribution in [0.1, 0.15) is 45.5 Å². The van der Waals surface area contributed by atoms with Gasteiger partial charge in [0, 0.05) is 5.56 Å². The van der Waals surface area contributed by atoms with Crippen molar-refractivity contribution >= 4 is 29.6 Å². The predicted molar refractivity (Wildman–Crippen MR) is 67.1 cm³/mol. The average Bonchev–Trinajstić information content (AvgIpc) is 2.37. The Hall–Kier alpha value is -1.68. The average molecular weight is 269 g/mol. The van der Waals surface area contributed by atoms with Gasteiger partial charge in [-0.3, -0.25) is 9.59 Å². The summed E-state index contributed by atoms with van der Waals surface area (Å²) in [5.74, 6) is -0.773. The van der Waals surface area contributed by atoms with E-state index < -0.39 is 11.3 Å². The van der Waals surface area contributed by atoms with Crippen LogP contribution in [0.3, 0.4) is 0 Å². The molecule has 96 valence electrons. The van der Waals surface area contributed by atoms with Crippen LogP contribution in [0.5, 0.6) is 0 Å². The van der Waals surface area contributed by atoms with E-state index in [4.69, 9.17) is 16.3 Å². The van der Waals surface area contributed by atoms with Crippen molar-refractivity contribution in [2.75, 3.05) is 6.61 Å². The summed E-state index contributed by atoms with van der Waals surface area (Å²) in [7, 11) is 0. The largest absolute Gasteiger partial charge is 0.462 e. The number of hydrogen-bond acceptors (Lipinski definition) is 4. The first-order chi connectivity index (χ1) is 8.51. The number of halogens is 1. The Balaban J connectivity index is 3.15. The van der Waals surface area contributed by atoms with E-state index in [9.17, 15) is 14.4 Å². The molecule has 4 nitrogen and oxygen atoms in total. The van der Waals surface area contributed by atoms with Crippen LogP contribution in [0.15, 0.2) is 18.2 Å². The Morgan fingerprint density at radius 2 is 2.11 bits per heavy atom. The first kappa shape index (κ1) is 14.4. The summed E-state index contributed by atoms with van der Waals surface area (Å²) in [5, 5.41) is -0.888. The van der Waals surface area contributed by atoms with E-state index in [1.54, 1.807) is 6.92 Å². The van der Waals surface area contributed by atoms with Crippen molar-refractivity contribution in [2.24, 2.45) is 0 Å². The second kappa shape index (κ2) is 6.31. The fourth-order valence-corrected chi connectivity index (χ4v) is 1.67. The molecule has 5 heteroatoms. The van der Waals surface area contributed by atoms with E-state index >= 15 is 0 Å². The summed E-state index contributed by atoms with van der Waals surface area (Å²) in [6, 6.07) is 4.35. The van der Waals surface area contributed by atoms with E-state index in [0.29, 0.717) is 11.8 Å². The van der Waals surface area contributed by atoms with Crippen molar-refractivity contribution in [2.45, 2.75) is 19.2 Å². The molecule has 18 heavy (non-hydrogen) atoms. The van der Waals surface area contributed by atoms with Crippen LogP contribution >= 0.6 is 11.6 Å². The molecule has 1 rings (SSSR count). The topological polar surface area (TPSA) is 60.4 Å². The number of Topliss-reactive ketones (excluding diaryl/α,β-unsaturated/α-hetero) is 1. The van der Waals surface area contributed by atoms with E-state index in [1.165, 1.54) is 25.1 Å². The minimum Gasteiger partial charge on any atom is -0.462 e. The van der Waals surface area contributed by atoms with E-state index in [0.717, 1.165) is 0 Å². The van der Waals surface area contributed by atoms with Crippen LogP contribution in [0.4, 0.5) is 0 Å². The van der Waals surface area contributed by atoms with Crippen LogP contribution < -0.4 is 0 Å². The molecule has 0 amide bonds. The van der Waals surface area contributed by atoms with E-state index in [1.807, 2.05) is 0 Å². The minimum atomic E-state index is -0.888. The molecular weight excluding hydrogens is 256 g/mol. The molecule has 0 N–H and O–H groups in total. The van der Waals surface area contributed by atoms with Crippen LogP contribution in [0.25, 0.3) is 0 Å². The van der Waals surface area contributed by atoms with Gasteiger partial charge in [0.05, 0.1) is 12.2 Å². The second-order valence-electron chi connectivity index (χ2n) is 3.66. The monoisotopic (exact) mass is 268 g/mol. The number of benzene rings is 1. The van der Waals surface area contributed by atoms with Gasteiger partial charge in [-0.1, -0.05) is 6.07 Å². The number of hydrogen-bond donors (Lipinski definition) is 0. The normalized spacial score (nSPS) is 11.7. The summed E-state index contributed by atoms with van der Waals surface area (Å²) in [5.41, 5.74) is 0.873. The van der Waals surface area contributed by atoms with Gasteiger partial charge in [-0.15, -0.1) is 11.6 Å². The van der Waals surface area contributed by atoms with Gasteiger partial charge < -0.3 is 4.74 Å². The van der Waals surface area contributed by atoms with Gasteiger partial charge in [-0.2, -0.15) is 0 Å². The summed E-state index contributed by atoms with van der Waals surface area (Å²) in [6.07, 6.45) is 0.566. The Bertz CT molecular complexity index is 482. The molecule has 1 atom stereocenters. The fraction of sp³-hybridized carbons (Fsp3) is 0.308. The molecule has 0 aliphatic rings. The van der Waals surface area contributed by atoms with Crippen molar-refractivity contribution in [3.05, 3.63) is 34.9 Å². The summed E-state index contributed by atoms with van der Waals surface area (Å²) in [4.78, 5) is 33.6. The number of alkyl halides is 1. The summed E-state index contributed by atoms with van der Waals surface area (Å²) >= 11 is 5.89. The molecule has 0 saturated carbocycles. The molecule has 1 aromatic rings. The van der Waals surface area contributed by atoms with E-state index in [2.05, 4.69) is 0 Å².